The molecule has 0 aliphatic rings. The van der Waals surface area contributed by atoms with Gasteiger partial charge in [0.15, 0.2) is 0 Å². The van der Waals surface area contributed by atoms with Crippen LogP contribution in [0.2, 0.25) is 0 Å². The van der Waals surface area contributed by atoms with E-state index in [2.05, 4.69) is 46.9 Å². The van der Waals surface area contributed by atoms with Gasteiger partial charge in [0.2, 0.25) is 0 Å². The molecule has 0 aromatic heterocycles. The lowest BCUT2D eigenvalue weighted by Gasteiger charge is -2.30. The zero-order chi connectivity index (χ0) is 15.4. The van der Waals surface area contributed by atoms with Crippen molar-refractivity contribution >= 4 is 0 Å². The van der Waals surface area contributed by atoms with Crippen LogP contribution in [0, 0.1) is 11.3 Å². The van der Waals surface area contributed by atoms with Crippen molar-refractivity contribution < 1.29 is 0 Å². The van der Waals surface area contributed by atoms with Crippen molar-refractivity contribution in [2.24, 2.45) is 11.3 Å². The lowest BCUT2D eigenvalue weighted by Crippen LogP contribution is -2.31. The summed E-state index contributed by atoms with van der Waals surface area (Å²) in [4.78, 5) is 0. The molecule has 0 amide bonds. The summed E-state index contributed by atoms with van der Waals surface area (Å²) in [6.07, 6.45) is 12.3. The number of hydrogen-bond acceptors (Lipinski definition) is 1. The van der Waals surface area contributed by atoms with Crippen molar-refractivity contribution in [3.8, 4) is 0 Å². The van der Waals surface area contributed by atoms with Gasteiger partial charge in [0, 0.05) is 6.04 Å². The van der Waals surface area contributed by atoms with Crippen molar-refractivity contribution in [1.29, 1.82) is 0 Å². The molecule has 122 valence electrons. The summed E-state index contributed by atoms with van der Waals surface area (Å²) in [6, 6.07) is 0.672. The highest BCUT2D eigenvalue weighted by atomic mass is 14.9. The third-order valence-electron chi connectivity index (χ3n) is 5.18. The van der Waals surface area contributed by atoms with Gasteiger partial charge in [-0.3, -0.25) is 0 Å². The molecule has 0 heterocycles. The standard InChI is InChI=1S/C19H41N/c1-7-10-11-12-14-19(6,9-3)15-13-18(5)20-16-17(4)8-2/h17-18,20H,7-16H2,1-6H3. The van der Waals surface area contributed by atoms with Crippen LogP contribution in [-0.2, 0) is 0 Å². The molecule has 0 saturated heterocycles. The van der Waals surface area contributed by atoms with Crippen LogP contribution in [-0.4, -0.2) is 12.6 Å². The normalized spacial score (nSPS) is 17.7. The minimum absolute atomic E-state index is 0.569. The summed E-state index contributed by atoms with van der Waals surface area (Å²) in [5.41, 5.74) is 0.569. The average molecular weight is 284 g/mol. The first-order valence-corrected chi connectivity index (χ1v) is 9.20. The molecular weight excluding hydrogens is 242 g/mol. The molecule has 1 heteroatoms. The Bertz CT molecular complexity index is 214. The van der Waals surface area contributed by atoms with Crippen LogP contribution in [0.5, 0.6) is 0 Å². The van der Waals surface area contributed by atoms with Crippen molar-refractivity contribution in [3.63, 3.8) is 0 Å². The lowest BCUT2D eigenvalue weighted by atomic mass is 9.77. The summed E-state index contributed by atoms with van der Waals surface area (Å²) in [6.45, 7) is 15.3. The molecule has 0 aromatic carbocycles. The minimum atomic E-state index is 0.569. The van der Waals surface area contributed by atoms with E-state index in [1.54, 1.807) is 0 Å². The molecule has 0 saturated carbocycles. The molecule has 0 aliphatic heterocycles. The maximum Gasteiger partial charge on any atom is 0.00390 e. The van der Waals surface area contributed by atoms with Gasteiger partial charge in [-0.1, -0.05) is 73.1 Å². The minimum Gasteiger partial charge on any atom is -0.314 e. The van der Waals surface area contributed by atoms with Gasteiger partial charge in [0.05, 0.1) is 0 Å². The molecule has 3 atom stereocenters. The van der Waals surface area contributed by atoms with E-state index >= 15 is 0 Å². The fourth-order valence-electron chi connectivity index (χ4n) is 2.67. The van der Waals surface area contributed by atoms with Crippen molar-refractivity contribution in [2.45, 2.75) is 105 Å². The van der Waals surface area contributed by atoms with Crippen molar-refractivity contribution in [2.75, 3.05) is 6.54 Å². The summed E-state index contributed by atoms with van der Waals surface area (Å²) < 4.78 is 0. The summed E-state index contributed by atoms with van der Waals surface area (Å²) in [5, 5.41) is 3.71. The number of unbranched alkanes of at least 4 members (excludes halogenated alkanes) is 3. The second-order valence-electron chi connectivity index (χ2n) is 7.34. The Morgan fingerprint density at radius 2 is 1.65 bits per heavy atom. The van der Waals surface area contributed by atoms with Crippen LogP contribution in [0.25, 0.3) is 0 Å². The van der Waals surface area contributed by atoms with Crippen LogP contribution >= 0.6 is 0 Å². The summed E-state index contributed by atoms with van der Waals surface area (Å²) in [5.74, 6) is 0.809. The molecular formula is C19H41N. The smallest absolute Gasteiger partial charge is 0.00390 e. The Kier molecular flexibility index (Phi) is 11.6. The molecule has 20 heavy (non-hydrogen) atoms. The Hall–Kier alpha value is -0.0400. The second-order valence-corrected chi connectivity index (χ2v) is 7.34. The number of hydrogen-bond donors (Lipinski definition) is 1. The van der Waals surface area contributed by atoms with Gasteiger partial charge in [-0.2, -0.15) is 0 Å². The second kappa shape index (κ2) is 11.6. The van der Waals surface area contributed by atoms with E-state index < -0.39 is 0 Å². The highest BCUT2D eigenvalue weighted by Gasteiger charge is 2.22. The molecule has 0 spiro atoms. The van der Waals surface area contributed by atoms with Crippen LogP contribution in [0.1, 0.15) is 99.3 Å². The van der Waals surface area contributed by atoms with Crippen LogP contribution in [0.15, 0.2) is 0 Å². The van der Waals surface area contributed by atoms with Gasteiger partial charge < -0.3 is 5.32 Å². The zero-order valence-electron chi connectivity index (χ0n) is 15.2. The molecule has 0 aliphatic carbocycles. The maximum atomic E-state index is 3.71. The predicted molar refractivity (Wildman–Crippen MR) is 93.3 cm³/mol. The zero-order valence-corrected chi connectivity index (χ0v) is 15.2. The van der Waals surface area contributed by atoms with Gasteiger partial charge in [-0.05, 0) is 44.1 Å². The highest BCUT2D eigenvalue weighted by molar-refractivity contribution is 4.76. The Morgan fingerprint density at radius 1 is 0.950 bits per heavy atom. The summed E-state index contributed by atoms with van der Waals surface area (Å²) >= 11 is 0. The quantitative estimate of drug-likeness (QED) is 0.398. The fraction of sp³-hybridized carbons (Fsp3) is 1.00. The van der Waals surface area contributed by atoms with E-state index in [-0.39, 0.29) is 0 Å². The molecule has 0 radical (unpaired) electrons. The van der Waals surface area contributed by atoms with E-state index in [4.69, 9.17) is 0 Å². The van der Waals surface area contributed by atoms with E-state index in [9.17, 15) is 0 Å². The van der Waals surface area contributed by atoms with Crippen molar-refractivity contribution in [3.05, 3.63) is 0 Å². The maximum absolute atomic E-state index is 3.71. The topological polar surface area (TPSA) is 12.0 Å². The van der Waals surface area contributed by atoms with E-state index in [1.807, 2.05) is 0 Å². The summed E-state index contributed by atoms with van der Waals surface area (Å²) in [7, 11) is 0. The average Bonchev–Trinajstić information content (AvgIpc) is 2.47. The molecule has 0 rings (SSSR count). The van der Waals surface area contributed by atoms with Crippen molar-refractivity contribution in [1.82, 2.24) is 5.32 Å². The first kappa shape index (κ1) is 20.0. The first-order valence-electron chi connectivity index (χ1n) is 9.20. The van der Waals surface area contributed by atoms with Crippen LogP contribution < -0.4 is 5.32 Å². The molecule has 3 unspecified atom stereocenters. The fourth-order valence-corrected chi connectivity index (χ4v) is 2.67. The predicted octanol–water partition coefficient (Wildman–Crippen LogP) is 6.18. The van der Waals surface area contributed by atoms with E-state index in [0.29, 0.717) is 11.5 Å². The Labute approximate surface area is 129 Å². The Morgan fingerprint density at radius 3 is 2.20 bits per heavy atom. The molecule has 0 bridgehead atoms. The SMILES string of the molecule is CCCCCCC(C)(CC)CCC(C)NCC(C)CC. The molecule has 1 nitrogen and oxygen atoms in total. The van der Waals surface area contributed by atoms with Gasteiger partial charge in [0.25, 0.3) is 0 Å². The monoisotopic (exact) mass is 283 g/mol. The molecule has 0 aromatic rings. The molecule has 0 fully saturated rings. The largest absolute Gasteiger partial charge is 0.314 e. The Balaban J connectivity index is 3.90. The van der Waals surface area contributed by atoms with Gasteiger partial charge >= 0.3 is 0 Å². The number of rotatable bonds is 13. The highest BCUT2D eigenvalue weighted by Crippen LogP contribution is 2.34. The van der Waals surface area contributed by atoms with Crippen LogP contribution in [0.4, 0.5) is 0 Å². The van der Waals surface area contributed by atoms with E-state index in [1.165, 1.54) is 64.3 Å². The van der Waals surface area contributed by atoms with E-state index in [0.717, 1.165) is 5.92 Å². The first-order chi connectivity index (χ1) is 9.47. The molecule has 1 N–H and O–H groups in total. The third-order valence-corrected chi connectivity index (χ3v) is 5.18. The lowest BCUT2D eigenvalue weighted by molar-refractivity contribution is 0.232. The van der Waals surface area contributed by atoms with Gasteiger partial charge in [-0.25, -0.2) is 0 Å². The van der Waals surface area contributed by atoms with Gasteiger partial charge in [0.1, 0.15) is 0 Å². The van der Waals surface area contributed by atoms with Gasteiger partial charge in [-0.15, -0.1) is 0 Å². The number of nitrogens with one attached hydrogen (secondary N) is 1. The van der Waals surface area contributed by atoms with Crippen LogP contribution in [0.3, 0.4) is 0 Å². The third kappa shape index (κ3) is 9.80.